The van der Waals surface area contributed by atoms with Crippen LogP contribution in [-0.2, 0) is 25.9 Å². The topological polar surface area (TPSA) is 100 Å². The SMILES string of the molecule is CN(C)c1nc2c(c(NCCc3noc(CO)n3)n1)CCCC2. The van der Waals surface area contributed by atoms with Crippen molar-refractivity contribution in [2.24, 2.45) is 0 Å². The zero-order valence-corrected chi connectivity index (χ0v) is 13.5. The van der Waals surface area contributed by atoms with E-state index in [0.29, 0.717) is 18.8 Å². The lowest BCUT2D eigenvalue weighted by Crippen LogP contribution is -2.20. The molecule has 2 aromatic rings. The van der Waals surface area contributed by atoms with E-state index in [0.717, 1.165) is 30.3 Å². The summed E-state index contributed by atoms with van der Waals surface area (Å²) in [5, 5.41) is 16.1. The fourth-order valence-electron chi connectivity index (χ4n) is 2.68. The van der Waals surface area contributed by atoms with Crippen LogP contribution in [0.15, 0.2) is 4.52 Å². The quantitative estimate of drug-likeness (QED) is 0.812. The Morgan fingerprint density at radius 3 is 2.74 bits per heavy atom. The van der Waals surface area contributed by atoms with Gasteiger partial charge in [0.2, 0.25) is 5.95 Å². The van der Waals surface area contributed by atoms with Gasteiger partial charge in [-0.1, -0.05) is 5.16 Å². The van der Waals surface area contributed by atoms with Gasteiger partial charge in [-0.05, 0) is 25.7 Å². The molecule has 124 valence electrons. The summed E-state index contributed by atoms with van der Waals surface area (Å²) >= 11 is 0. The molecule has 0 radical (unpaired) electrons. The number of aliphatic hydroxyl groups is 1. The third kappa shape index (κ3) is 3.58. The lowest BCUT2D eigenvalue weighted by molar-refractivity contribution is 0.222. The lowest BCUT2D eigenvalue weighted by atomic mass is 9.96. The molecule has 0 aromatic carbocycles. The Hall–Kier alpha value is -2.22. The van der Waals surface area contributed by atoms with Crippen molar-refractivity contribution in [3.05, 3.63) is 23.0 Å². The van der Waals surface area contributed by atoms with Gasteiger partial charge in [-0.25, -0.2) is 4.98 Å². The average molecular weight is 318 g/mol. The molecular weight excluding hydrogens is 296 g/mol. The van der Waals surface area contributed by atoms with Crippen molar-refractivity contribution in [3.63, 3.8) is 0 Å². The van der Waals surface area contributed by atoms with Crippen molar-refractivity contribution in [1.82, 2.24) is 20.1 Å². The molecule has 0 aliphatic heterocycles. The van der Waals surface area contributed by atoms with E-state index < -0.39 is 0 Å². The van der Waals surface area contributed by atoms with Crippen LogP contribution in [-0.4, -0.2) is 45.9 Å². The Morgan fingerprint density at radius 1 is 1.17 bits per heavy atom. The molecule has 0 unspecified atom stereocenters. The van der Waals surface area contributed by atoms with Crippen LogP contribution in [0, 0.1) is 0 Å². The van der Waals surface area contributed by atoms with Gasteiger partial charge in [0.15, 0.2) is 5.82 Å². The summed E-state index contributed by atoms with van der Waals surface area (Å²) in [6.07, 6.45) is 5.00. The van der Waals surface area contributed by atoms with Crippen LogP contribution >= 0.6 is 0 Å². The van der Waals surface area contributed by atoms with Gasteiger partial charge in [0.05, 0.1) is 5.69 Å². The summed E-state index contributed by atoms with van der Waals surface area (Å²) in [4.78, 5) is 15.3. The maximum atomic E-state index is 8.94. The summed E-state index contributed by atoms with van der Waals surface area (Å²) in [5.74, 6) is 2.46. The first-order chi connectivity index (χ1) is 11.2. The monoisotopic (exact) mass is 318 g/mol. The van der Waals surface area contributed by atoms with Crippen molar-refractivity contribution in [2.45, 2.75) is 38.7 Å². The Balaban J connectivity index is 1.72. The fourth-order valence-corrected chi connectivity index (χ4v) is 2.68. The third-order valence-corrected chi connectivity index (χ3v) is 3.86. The normalized spacial score (nSPS) is 13.7. The number of nitrogens with one attached hydrogen (secondary N) is 1. The van der Waals surface area contributed by atoms with Gasteiger partial charge in [0.1, 0.15) is 12.4 Å². The molecule has 2 aromatic heterocycles. The van der Waals surface area contributed by atoms with E-state index in [2.05, 4.69) is 25.4 Å². The van der Waals surface area contributed by atoms with Crippen LogP contribution in [0.3, 0.4) is 0 Å². The standard InChI is InChI=1S/C15H22N6O2/c1-21(2)15-17-11-6-4-3-5-10(11)14(19-15)16-8-7-12-18-13(9-22)23-20-12/h22H,3-9H2,1-2H3,(H,16,17,19). The van der Waals surface area contributed by atoms with Gasteiger partial charge >= 0.3 is 0 Å². The van der Waals surface area contributed by atoms with E-state index in [1.54, 1.807) is 0 Å². The summed E-state index contributed by atoms with van der Waals surface area (Å²) in [7, 11) is 3.90. The number of aryl methyl sites for hydroxylation is 1. The smallest absolute Gasteiger partial charge is 0.252 e. The number of fused-ring (bicyclic) bond motifs is 1. The minimum Gasteiger partial charge on any atom is -0.387 e. The van der Waals surface area contributed by atoms with E-state index in [1.807, 2.05) is 19.0 Å². The molecule has 0 saturated heterocycles. The average Bonchev–Trinajstić information content (AvgIpc) is 3.02. The van der Waals surface area contributed by atoms with E-state index in [4.69, 9.17) is 9.63 Å². The van der Waals surface area contributed by atoms with Gasteiger partial charge in [0.25, 0.3) is 5.89 Å². The highest BCUT2D eigenvalue weighted by Crippen LogP contribution is 2.27. The van der Waals surface area contributed by atoms with Crippen LogP contribution in [0.25, 0.3) is 0 Å². The molecule has 1 aliphatic rings. The first-order valence-corrected chi connectivity index (χ1v) is 7.90. The summed E-state index contributed by atoms with van der Waals surface area (Å²) in [5.41, 5.74) is 2.38. The molecule has 8 heteroatoms. The highest BCUT2D eigenvalue weighted by Gasteiger charge is 2.18. The number of nitrogens with zero attached hydrogens (tertiary/aromatic N) is 5. The predicted molar refractivity (Wildman–Crippen MR) is 85.4 cm³/mol. The molecule has 0 atom stereocenters. The molecule has 23 heavy (non-hydrogen) atoms. The highest BCUT2D eigenvalue weighted by atomic mass is 16.5. The number of aliphatic hydroxyl groups excluding tert-OH is 1. The first kappa shape index (κ1) is 15.7. The second-order valence-corrected chi connectivity index (χ2v) is 5.84. The molecule has 1 aliphatic carbocycles. The number of hydrogen-bond acceptors (Lipinski definition) is 8. The van der Waals surface area contributed by atoms with Crippen LogP contribution in [0.1, 0.15) is 35.8 Å². The molecule has 0 amide bonds. The molecule has 2 heterocycles. The molecule has 3 rings (SSSR count). The number of aromatic nitrogens is 4. The van der Waals surface area contributed by atoms with Gasteiger partial charge in [0, 0.05) is 32.6 Å². The molecule has 8 nitrogen and oxygen atoms in total. The first-order valence-electron chi connectivity index (χ1n) is 7.90. The van der Waals surface area contributed by atoms with Crippen molar-refractivity contribution >= 4 is 11.8 Å². The van der Waals surface area contributed by atoms with Gasteiger partial charge in [-0.3, -0.25) is 0 Å². The zero-order chi connectivity index (χ0) is 16.2. The van der Waals surface area contributed by atoms with Crippen LogP contribution < -0.4 is 10.2 Å². The largest absolute Gasteiger partial charge is 0.387 e. The summed E-state index contributed by atoms with van der Waals surface area (Å²) in [6.45, 7) is 0.423. The Kier molecular flexibility index (Phi) is 4.71. The molecule has 0 spiro atoms. The maximum Gasteiger partial charge on any atom is 0.252 e. The Morgan fingerprint density at radius 2 is 2.00 bits per heavy atom. The maximum absolute atomic E-state index is 8.94. The van der Waals surface area contributed by atoms with Crippen molar-refractivity contribution in [1.29, 1.82) is 0 Å². The molecular formula is C15H22N6O2. The molecule has 2 N–H and O–H groups in total. The number of hydrogen-bond donors (Lipinski definition) is 2. The van der Waals surface area contributed by atoms with E-state index in [9.17, 15) is 0 Å². The minimum atomic E-state index is -0.230. The van der Waals surface area contributed by atoms with Crippen molar-refractivity contribution in [3.8, 4) is 0 Å². The molecule has 0 saturated carbocycles. The Labute approximate surface area is 134 Å². The summed E-state index contributed by atoms with van der Waals surface area (Å²) in [6, 6.07) is 0. The predicted octanol–water partition coefficient (Wildman–Crippen LogP) is 0.951. The summed E-state index contributed by atoms with van der Waals surface area (Å²) < 4.78 is 4.89. The van der Waals surface area contributed by atoms with E-state index in [-0.39, 0.29) is 12.5 Å². The lowest BCUT2D eigenvalue weighted by Gasteiger charge is -2.21. The fraction of sp³-hybridized carbons (Fsp3) is 0.600. The van der Waals surface area contributed by atoms with Gasteiger partial charge in [-0.15, -0.1) is 0 Å². The Bertz CT molecular complexity index is 670. The van der Waals surface area contributed by atoms with Crippen LogP contribution in [0.5, 0.6) is 0 Å². The van der Waals surface area contributed by atoms with E-state index in [1.165, 1.54) is 18.4 Å². The van der Waals surface area contributed by atoms with Crippen LogP contribution in [0.4, 0.5) is 11.8 Å². The molecule has 0 fully saturated rings. The van der Waals surface area contributed by atoms with Gasteiger partial charge < -0.3 is 19.8 Å². The number of anilines is 2. The van der Waals surface area contributed by atoms with E-state index >= 15 is 0 Å². The van der Waals surface area contributed by atoms with Crippen molar-refractivity contribution in [2.75, 3.05) is 30.9 Å². The second kappa shape index (κ2) is 6.91. The highest BCUT2D eigenvalue weighted by molar-refractivity contribution is 5.52. The van der Waals surface area contributed by atoms with Crippen LogP contribution in [0.2, 0.25) is 0 Å². The molecule has 0 bridgehead atoms. The second-order valence-electron chi connectivity index (χ2n) is 5.84. The zero-order valence-electron chi connectivity index (χ0n) is 13.5. The number of rotatable bonds is 6. The van der Waals surface area contributed by atoms with Gasteiger partial charge in [-0.2, -0.15) is 9.97 Å². The third-order valence-electron chi connectivity index (χ3n) is 3.86. The van der Waals surface area contributed by atoms with Crippen molar-refractivity contribution < 1.29 is 9.63 Å². The minimum absolute atomic E-state index is 0.230.